The maximum atomic E-state index is 11.9. The summed E-state index contributed by atoms with van der Waals surface area (Å²) in [7, 11) is 0. The van der Waals surface area contributed by atoms with Crippen LogP contribution in [0.2, 0.25) is 0 Å². The van der Waals surface area contributed by atoms with E-state index in [2.05, 4.69) is 0 Å². The fourth-order valence-electron chi connectivity index (χ4n) is 2.16. The first-order valence-electron chi connectivity index (χ1n) is 5.87. The van der Waals surface area contributed by atoms with Gasteiger partial charge in [-0.15, -0.1) is 0 Å². The summed E-state index contributed by atoms with van der Waals surface area (Å²) < 4.78 is 0. The highest BCUT2D eigenvalue weighted by Gasteiger charge is 2.21. The van der Waals surface area contributed by atoms with Crippen molar-refractivity contribution in [2.24, 2.45) is 0 Å². The highest BCUT2D eigenvalue weighted by Crippen LogP contribution is 2.30. The topological polar surface area (TPSA) is 77.8 Å². The lowest BCUT2D eigenvalue weighted by Gasteiger charge is -2.18. The van der Waals surface area contributed by atoms with Crippen LogP contribution in [0.1, 0.15) is 17.5 Å². The van der Waals surface area contributed by atoms with E-state index in [9.17, 15) is 19.8 Å². The summed E-state index contributed by atoms with van der Waals surface area (Å²) in [5, 5.41) is 18.9. The van der Waals surface area contributed by atoms with Gasteiger partial charge in [0.25, 0.3) is 0 Å². The average Bonchev–Trinajstić information content (AvgIpc) is 2.47. The van der Waals surface area contributed by atoms with Crippen LogP contribution in [-0.4, -0.2) is 40.4 Å². The zero-order valence-corrected chi connectivity index (χ0v) is 9.93. The lowest BCUT2D eigenvalue weighted by atomic mass is 10.0. The third-order valence-corrected chi connectivity index (χ3v) is 3.16. The molecule has 0 radical (unpaired) electrons. The highest BCUT2D eigenvalue weighted by molar-refractivity contribution is 5.80. The molecular formula is C13H15NO4. The molecule has 0 aliphatic carbocycles. The summed E-state index contributed by atoms with van der Waals surface area (Å²) in [5.41, 5.74) is 1.61. The Balaban J connectivity index is 2.21. The summed E-state index contributed by atoms with van der Waals surface area (Å²) in [5.74, 6) is -0.425. The van der Waals surface area contributed by atoms with Crippen molar-refractivity contribution in [1.29, 1.82) is 0 Å². The Labute approximate surface area is 105 Å². The molecule has 0 fully saturated rings. The molecule has 1 aromatic rings. The number of rotatable bonds is 3. The van der Waals surface area contributed by atoms with Crippen LogP contribution in [-0.2, 0) is 22.4 Å². The fourth-order valence-corrected chi connectivity index (χ4v) is 2.16. The molecule has 0 atom stereocenters. The second kappa shape index (κ2) is 5.08. The first kappa shape index (κ1) is 12.4. The SMILES string of the molecule is O=CCCN1CCc2cc(O)c(O)cc2CC1=O. The molecule has 1 amide bonds. The molecule has 1 aliphatic rings. The number of hydrogen-bond donors (Lipinski definition) is 2. The summed E-state index contributed by atoms with van der Waals surface area (Å²) in [6.07, 6.45) is 1.94. The fraction of sp³-hybridized carbons (Fsp3) is 0.385. The molecule has 0 aromatic heterocycles. The van der Waals surface area contributed by atoms with E-state index in [0.717, 1.165) is 17.4 Å². The standard InChI is InChI=1S/C13H15NO4/c15-5-1-3-14-4-2-9-6-11(16)12(17)7-10(9)8-13(14)18/h5-7,16-17H,1-4,8H2. The summed E-state index contributed by atoms with van der Waals surface area (Å²) in [4.78, 5) is 23.9. The Hall–Kier alpha value is -2.04. The van der Waals surface area contributed by atoms with Gasteiger partial charge in [-0.25, -0.2) is 0 Å². The molecule has 5 heteroatoms. The molecule has 0 spiro atoms. The number of hydrogen-bond acceptors (Lipinski definition) is 4. The van der Waals surface area contributed by atoms with Gasteiger partial charge in [-0.3, -0.25) is 4.79 Å². The summed E-state index contributed by atoms with van der Waals surface area (Å²) >= 11 is 0. The summed E-state index contributed by atoms with van der Waals surface area (Å²) in [6.45, 7) is 0.957. The quantitative estimate of drug-likeness (QED) is 0.608. The maximum absolute atomic E-state index is 11.9. The van der Waals surface area contributed by atoms with Crippen molar-refractivity contribution in [3.63, 3.8) is 0 Å². The second-order valence-electron chi connectivity index (χ2n) is 4.37. The van der Waals surface area contributed by atoms with E-state index >= 15 is 0 Å². The van der Waals surface area contributed by atoms with Crippen LogP contribution >= 0.6 is 0 Å². The van der Waals surface area contributed by atoms with Gasteiger partial charge in [-0.1, -0.05) is 0 Å². The van der Waals surface area contributed by atoms with E-state index in [0.29, 0.717) is 25.9 Å². The monoisotopic (exact) mass is 249 g/mol. The number of phenols is 2. The summed E-state index contributed by atoms with van der Waals surface area (Å²) in [6, 6.07) is 2.94. The van der Waals surface area contributed by atoms with E-state index in [4.69, 9.17) is 0 Å². The maximum Gasteiger partial charge on any atom is 0.227 e. The lowest BCUT2D eigenvalue weighted by molar-refractivity contribution is -0.130. The number of aldehydes is 1. The molecule has 18 heavy (non-hydrogen) atoms. The molecule has 0 unspecified atom stereocenters. The van der Waals surface area contributed by atoms with Gasteiger partial charge in [-0.2, -0.15) is 0 Å². The first-order valence-corrected chi connectivity index (χ1v) is 5.87. The third-order valence-electron chi connectivity index (χ3n) is 3.16. The zero-order chi connectivity index (χ0) is 13.1. The van der Waals surface area contributed by atoms with Gasteiger partial charge in [0.2, 0.25) is 5.91 Å². The van der Waals surface area contributed by atoms with Crippen molar-refractivity contribution in [3.05, 3.63) is 23.3 Å². The number of benzene rings is 1. The zero-order valence-electron chi connectivity index (χ0n) is 9.93. The van der Waals surface area contributed by atoms with Gasteiger partial charge in [0.1, 0.15) is 6.29 Å². The third kappa shape index (κ3) is 2.45. The van der Waals surface area contributed by atoms with Gasteiger partial charge in [0.15, 0.2) is 11.5 Å². The number of amides is 1. The van der Waals surface area contributed by atoms with Crippen LogP contribution < -0.4 is 0 Å². The van der Waals surface area contributed by atoms with Gasteiger partial charge < -0.3 is 19.9 Å². The van der Waals surface area contributed by atoms with Crippen molar-refractivity contribution in [1.82, 2.24) is 4.90 Å². The van der Waals surface area contributed by atoms with Gasteiger partial charge in [0, 0.05) is 19.5 Å². The smallest absolute Gasteiger partial charge is 0.227 e. The van der Waals surface area contributed by atoms with E-state index in [1.54, 1.807) is 4.90 Å². The van der Waals surface area contributed by atoms with Crippen LogP contribution in [0.15, 0.2) is 12.1 Å². The van der Waals surface area contributed by atoms with Gasteiger partial charge >= 0.3 is 0 Å². The highest BCUT2D eigenvalue weighted by atomic mass is 16.3. The number of aromatic hydroxyl groups is 2. The molecule has 96 valence electrons. The lowest BCUT2D eigenvalue weighted by Crippen LogP contribution is -2.33. The number of fused-ring (bicyclic) bond motifs is 1. The van der Waals surface area contributed by atoms with Crippen molar-refractivity contribution < 1.29 is 19.8 Å². The van der Waals surface area contributed by atoms with Crippen molar-refractivity contribution in [2.75, 3.05) is 13.1 Å². The Morgan fingerprint density at radius 3 is 2.56 bits per heavy atom. The Morgan fingerprint density at radius 1 is 1.22 bits per heavy atom. The number of phenolic OH excluding ortho intramolecular Hbond substituents is 2. The van der Waals surface area contributed by atoms with Crippen LogP contribution in [0.25, 0.3) is 0 Å². The molecular weight excluding hydrogens is 234 g/mol. The predicted octanol–water partition coefficient (Wildman–Crippen LogP) is 0.614. The molecule has 1 aromatic carbocycles. The molecule has 2 rings (SSSR count). The molecule has 0 saturated heterocycles. The van der Waals surface area contributed by atoms with Gasteiger partial charge in [0.05, 0.1) is 6.42 Å². The second-order valence-corrected chi connectivity index (χ2v) is 4.37. The van der Waals surface area contributed by atoms with E-state index < -0.39 is 0 Å². The van der Waals surface area contributed by atoms with E-state index in [1.807, 2.05) is 0 Å². The molecule has 1 aliphatic heterocycles. The largest absolute Gasteiger partial charge is 0.504 e. The van der Waals surface area contributed by atoms with E-state index in [1.165, 1.54) is 12.1 Å². The van der Waals surface area contributed by atoms with Crippen LogP contribution in [0.3, 0.4) is 0 Å². The average molecular weight is 249 g/mol. The molecule has 5 nitrogen and oxygen atoms in total. The molecule has 2 N–H and O–H groups in total. The molecule has 0 saturated carbocycles. The Morgan fingerprint density at radius 2 is 1.89 bits per heavy atom. The number of carbonyl (C=O) groups is 2. The van der Waals surface area contributed by atoms with Gasteiger partial charge in [-0.05, 0) is 29.7 Å². The van der Waals surface area contributed by atoms with Crippen LogP contribution in [0, 0.1) is 0 Å². The van der Waals surface area contributed by atoms with Crippen molar-refractivity contribution >= 4 is 12.2 Å². The minimum atomic E-state index is -0.206. The van der Waals surface area contributed by atoms with Crippen LogP contribution in [0.4, 0.5) is 0 Å². The van der Waals surface area contributed by atoms with Crippen molar-refractivity contribution in [3.8, 4) is 11.5 Å². The molecule has 0 bridgehead atoms. The minimum Gasteiger partial charge on any atom is -0.504 e. The molecule has 1 heterocycles. The normalized spacial score (nSPS) is 15.1. The Bertz CT molecular complexity index is 484. The Kier molecular flexibility index (Phi) is 3.50. The predicted molar refractivity (Wildman–Crippen MR) is 64.4 cm³/mol. The first-order chi connectivity index (χ1) is 8.61. The number of nitrogens with zero attached hydrogens (tertiary/aromatic N) is 1. The van der Waals surface area contributed by atoms with E-state index in [-0.39, 0.29) is 23.8 Å². The minimum absolute atomic E-state index is 0.0549. The van der Waals surface area contributed by atoms with Crippen LogP contribution in [0.5, 0.6) is 11.5 Å². The number of carbonyl (C=O) groups excluding carboxylic acids is 2. The van der Waals surface area contributed by atoms with Crippen molar-refractivity contribution in [2.45, 2.75) is 19.3 Å².